The van der Waals surface area contributed by atoms with Crippen molar-refractivity contribution >= 4 is 16.9 Å². The van der Waals surface area contributed by atoms with E-state index in [-0.39, 0.29) is 0 Å². The van der Waals surface area contributed by atoms with Crippen molar-refractivity contribution < 1.29 is 9.90 Å². The molecule has 1 heterocycles. The second-order valence-electron chi connectivity index (χ2n) is 5.15. The molecule has 1 aliphatic rings. The van der Waals surface area contributed by atoms with Crippen LogP contribution in [0, 0.1) is 12.3 Å². The predicted octanol–water partition coefficient (Wildman–Crippen LogP) is 2.34. The molecular formula is C14H16N2O2. The summed E-state index contributed by atoms with van der Waals surface area (Å²) in [7, 11) is 0. The summed E-state index contributed by atoms with van der Waals surface area (Å²) in [5.41, 5.74) is 8.43. The molecule has 1 aromatic carbocycles. The molecule has 3 rings (SSSR count). The smallest absolute Gasteiger partial charge is 0.311 e. The van der Waals surface area contributed by atoms with Crippen LogP contribution in [0.2, 0.25) is 0 Å². The van der Waals surface area contributed by atoms with Gasteiger partial charge < -0.3 is 15.8 Å². The number of aromatic amines is 1. The number of aryl methyl sites for hydroxylation is 1. The third-order valence-electron chi connectivity index (χ3n) is 4.06. The lowest BCUT2D eigenvalue weighted by Crippen LogP contribution is -2.30. The first-order valence-electron chi connectivity index (χ1n) is 6.12. The lowest BCUT2D eigenvalue weighted by Gasteiger charge is -2.19. The highest BCUT2D eigenvalue weighted by atomic mass is 16.4. The number of H-pyrrole nitrogens is 1. The van der Waals surface area contributed by atoms with Gasteiger partial charge in [0.25, 0.3) is 0 Å². The highest BCUT2D eigenvalue weighted by Gasteiger charge is 2.56. The normalized spacial score (nSPS) is 18.8. The number of carbonyl (C=O) groups is 1. The molecule has 94 valence electrons. The second kappa shape index (κ2) is 3.59. The summed E-state index contributed by atoms with van der Waals surface area (Å²) in [6.45, 7) is 1.95. The lowest BCUT2D eigenvalue weighted by atomic mass is 9.89. The summed E-state index contributed by atoms with van der Waals surface area (Å²) in [6, 6.07) is 7.44. The summed E-state index contributed by atoms with van der Waals surface area (Å²) in [5.74, 6) is -0.778. The van der Waals surface area contributed by atoms with Crippen molar-refractivity contribution in [2.45, 2.75) is 25.8 Å². The average Bonchev–Trinajstić information content (AvgIpc) is 3.07. The van der Waals surface area contributed by atoms with E-state index in [1.165, 1.54) is 0 Å². The number of hydrogen-bond acceptors (Lipinski definition) is 2. The van der Waals surface area contributed by atoms with E-state index in [0.29, 0.717) is 12.8 Å². The Labute approximate surface area is 105 Å². The summed E-state index contributed by atoms with van der Waals surface area (Å²) in [5, 5.41) is 10.4. The van der Waals surface area contributed by atoms with Crippen molar-refractivity contribution in [1.29, 1.82) is 0 Å². The van der Waals surface area contributed by atoms with Crippen molar-refractivity contribution in [3.8, 4) is 0 Å². The van der Waals surface area contributed by atoms with E-state index in [9.17, 15) is 9.90 Å². The summed E-state index contributed by atoms with van der Waals surface area (Å²) in [6.07, 6.45) is 1.34. The Hall–Kier alpha value is -1.81. The Bertz CT molecular complexity index is 626. The number of nitrogens with one attached hydrogen (secondary N) is 1. The number of hydrogen-bond donors (Lipinski definition) is 3. The molecule has 4 heteroatoms. The first-order valence-corrected chi connectivity index (χ1v) is 6.12. The average molecular weight is 244 g/mol. The monoisotopic (exact) mass is 244 g/mol. The van der Waals surface area contributed by atoms with Crippen LogP contribution < -0.4 is 5.73 Å². The second-order valence-corrected chi connectivity index (χ2v) is 5.15. The zero-order valence-corrected chi connectivity index (χ0v) is 10.2. The van der Waals surface area contributed by atoms with Gasteiger partial charge in [-0.1, -0.05) is 18.2 Å². The number of carboxylic acid groups (broad SMARTS) is 1. The van der Waals surface area contributed by atoms with Gasteiger partial charge in [-0.05, 0) is 31.4 Å². The van der Waals surface area contributed by atoms with Gasteiger partial charge in [-0.25, -0.2) is 0 Å². The van der Waals surface area contributed by atoms with Crippen LogP contribution in [0.4, 0.5) is 0 Å². The summed E-state index contributed by atoms with van der Waals surface area (Å²) < 4.78 is 0. The van der Waals surface area contributed by atoms with Crippen LogP contribution in [0.15, 0.2) is 24.3 Å². The summed E-state index contributed by atoms with van der Waals surface area (Å²) in [4.78, 5) is 14.7. The fourth-order valence-electron chi connectivity index (χ4n) is 2.77. The molecule has 1 unspecified atom stereocenters. The minimum absolute atomic E-state index is 0.439. The number of nitrogens with two attached hydrogens (primary N) is 1. The standard InChI is InChI=1S/C14H16N2O2/c1-8-11(9-4-2-3-5-10(9)16-8)12(15)14(6-7-14)13(17)18/h2-5,12,16H,6-7,15H2,1H3,(H,17,18). The van der Waals surface area contributed by atoms with Gasteiger partial charge in [0.15, 0.2) is 0 Å². The van der Waals surface area contributed by atoms with Crippen LogP contribution in [0.5, 0.6) is 0 Å². The molecule has 18 heavy (non-hydrogen) atoms. The van der Waals surface area contributed by atoms with Crippen LogP contribution in [0.1, 0.15) is 30.1 Å². The third-order valence-corrected chi connectivity index (χ3v) is 4.06. The number of benzene rings is 1. The quantitative estimate of drug-likeness (QED) is 0.775. The molecule has 2 aromatic rings. The number of carboxylic acids is 1. The van der Waals surface area contributed by atoms with Gasteiger partial charge in [0.05, 0.1) is 5.41 Å². The van der Waals surface area contributed by atoms with E-state index in [1.807, 2.05) is 31.2 Å². The maximum Gasteiger partial charge on any atom is 0.311 e. The fraction of sp³-hybridized carbons (Fsp3) is 0.357. The molecule has 0 spiro atoms. The Kier molecular flexibility index (Phi) is 2.25. The van der Waals surface area contributed by atoms with E-state index in [2.05, 4.69) is 4.98 Å². The van der Waals surface area contributed by atoms with Gasteiger partial charge in [0.2, 0.25) is 0 Å². The van der Waals surface area contributed by atoms with E-state index < -0.39 is 17.4 Å². The van der Waals surface area contributed by atoms with Gasteiger partial charge in [-0.2, -0.15) is 0 Å². The highest BCUT2D eigenvalue weighted by molar-refractivity contribution is 5.87. The Morgan fingerprint density at radius 2 is 2.11 bits per heavy atom. The van der Waals surface area contributed by atoms with Gasteiger partial charge in [0, 0.05) is 22.6 Å². The van der Waals surface area contributed by atoms with Gasteiger partial charge >= 0.3 is 5.97 Å². The van der Waals surface area contributed by atoms with Crippen molar-refractivity contribution in [3.05, 3.63) is 35.5 Å². The molecule has 1 aromatic heterocycles. The molecular weight excluding hydrogens is 228 g/mol. The first kappa shape index (κ1) is 11.3. The van der Waals surface area contributed by atoms with Gasteiger partial charge in [0.1, 0.15) is 0 Å². The Morgan fingerprint density at radius 3 is 2.72 bits per heavy atom. The SMILES string of the molecule is Cc1[nH]c2ccccc2c1C(N)C1(C(=O)O)CC1. The minimum atomic E-state index is -0.778. The zero-order chi connectivity index (χ0) is 12.9. The van der Waals surface area contributed by atoms with Crippen LogP contribution in [-0.4, -0.2) is 16.1 Å². The van der Waals surface area contributed by atoms with E-state index in [1.54, 1.807) is 0 Å². The zero-order valence-electron chi connectivity index (χ0n) is 10.2. The molecule has 0 radical (unpaired) electrons. The lowest BCUT2D eigenvalue weighted by molar-refractivity contribution is -0.144. The summed E-state index contributed by atoms with van der Waals surface area (Å²) >= 11 is 0. The van der Waals surface area contributed by atoms with E-state index >= 15 is 0 Å². The molecule has 0 saturated heterocycles. The van der Waals surface area contributed by atoms with Crippen LogP contribution >= 0.6 is 0 Å². The first-order chi connectivity index (χ1) is 8.56. The van der Waals surface area contributed by atoms with E-state index in [0.717, 1.165) is 22.2 Å². The van der Waals surface area contributed by atoms with Gasteiger partial charge in [-0.15, -0.1) is 0 Å². The van der Waals surface area contributed by atoms with Crippen LogP contribution in [-0.2, 0) is 4.79 Å². The topological polar surface area (TPSA) is 79.1 Å². The largest absolute Gasteiger partial charge is 0.481 e. The maximum atomic E-state index is 11.4. The fourth-order valence-corrected chi connectivity index (χ4v) is 2.77. The number of aliphatic carboxylic acids is 1. The third kappa shape index (κ3) is 1.39. The Morgan fingerprint density at radius 1 is 1.44 bits per heavy atom. The van der Waals surface area contributed by atoms with Crippen molar-refractivity contribution in [2.75, 3.05) is 0 Å². The molecule has 0 bridgehead atoms. The predicted molar refractivity (Wildman–Crippen MR) is 69.3 cm³/mol. The maximum absolute atomic E-state index is 11.4. The number of fused-ring (bicyclic) bond motifs is 1. The molecule has 1 fully saturated rings. The molecule has 1 saturated carbocycles. The van der Waals surface area contributed by atoms with Gasteiger partial charge in [-0.3, -0.25) is 4.79 Å². The van der Waals surface area contributed by atoms with Crippen LogP contribution in [0.3, 0.4) is 0 Å². The van der Waals surface area contributed by atoms with Crippen LogP contribution in [0.25, 0.3) is 10.9 Å². The molecule has 0 amide bonds. The molecule has 0 aliphatic heterocycles. The highest BCUT2D eigenvalue weighted by Crippen LogP contribution is 2.55. The van der Waals surface area contributed by atoms with Crippen molar-refractivity contribution in [1.82, 2.24) is 4.98 Å². The number of para-hydroxylation sites is 1. The molecule has 1 atom stereocenters. The molecule has 4 N–H and O–H groups in total. The molecule has 4 nitrogen and oxygen atoms in total. The number of rotatable bonds is 3. The van der Waals surface area contributed by atoms with E-state index in [4.69, 9.17) is 5.73 Å². The number of aromatic nitrogens is 1. The Balaban J connectivity index is 2.15. The minimum Gasteiger partial charge on any atom is -0.481 e. The van der Waals surface area contributed by atoms with Crippen molar-refractivity contribution in [3.63, 3.8) is 0 Å². The molecule has 1 aliphatic carbocycles. The van der Waals surface area contributed by atoms with Crippen molar-refractivity contribution in [2.24, 2.45) is 11.1 Å².